The third-order valence-corrected chi connectivity index (χ3v) is 8.29. The van der Waals surface area contributed by atoms with Gasteiger partial charge in [-0.25, -0.2) is 27.0 Å². The number of aryl methyl sites for hydroxylation is 1. The van der Waals surface area contributed by atoms with Crippen LogP contribution in [-0.2, 0) is 20.2 Å². The molecule has 1 aromatic heterocycles. The Bertz CT molecular complexity index is 1810. The van der Waals surface area contributed by atoms with Crippen molar-refractivity contribution in [1.29, 1.82) is 0 Å². The molecule has 224 valence electrons. The number of carbonyl (C=O) groups excluding carboxylic acids is 2. The summed E-state index contributed by atoms with van der Waals surface area (Å²) in [6.45, 7) is 1.73. The van der Waals surface area contributed by atoms with Gasteiger partial charge in [-0.15, -0.1) is 0 Å². The molecule has 1 aliphatic rings. The lowest BCUT2D eigenvalue weighted by Crippen LogP contribution is -2.38. The Morgan fingerprint density at radius 3 is 2.58 bits per heavy atom. The SMILES string of the molecule is COC(=O)Nc1ccc([SH](=O)=O)c([C@H]2CCCN2C(=O)[C@@H](Nc2ccc3c(N)nccc3c2)c2cc(C)c(F)cc2F)c1. The van der Waals surface area contributed by atoms with Crippen molar-refractivity contribution in [3.63, 3.8) is 0 Å². The van der Waals surface area contributed by atoms with E-state index < -0.39 is 46.4 Å². The number of hydrogen-bond acceptors (Lipinski definition) is 8. The minimum atomic E-state index is -3.05. The van der Waals surface area contributed by atoms with Gasteiger partial charge in [-0.3, -0.25) is 10.1 Å². The van der Waals surface area contributed by atoms with E-state index in [0.717, 1.165) is 11.5 Å². The largest absolute Gasteiger partial charge is 0.453 e. The number of methoxy groups -OCH3 is 1. The van der Waals surface area contributed by atoms with Gasteiger partial charge in [-0.1, -0.05) is 0 Å². The molecule has 0 spiro atoms. The van der Waals surface area contributed by atoms with Crippen molar-refractivity contribution < 1.29 is 31.5 Å². The molecule has 0 saturated carbocycles. The van der Waals surface area contributed by atoms with E-state index in [0.29, 0.717) is 35.3 Å². The van der Waals surface area contributed by atoms with E-state index in [9.17, 15) is 22.4 Å². The zero-order valence-corrected chi connectivity index (χ0v) is 24.2. The predicted octanol–water partition coefficient (Wildman–Crippen LogP) is 5.07. The summed E-state index contributed by atoms with van der Waals surface area (Å²) in [6.07, 6.45) is 1.76. The van der Waals surface area contributed by atoms with Gasteiger partial charge < -0.3 is 20.7 Å². The van der Waals surface area contributed by atoms with E-state index in [2.05, 4.69) is 20.4 Å². The first-order chi connectivity index (χ1) is 20.6. The summed E-state index contributed by atoms with van der Waals surface area (Å²) in [4.78, 5) is 31.7. The van der Waals surface area contributed by atoms with Gasteiger partial charge in [0.15, 0.2) is 10.7 Å². The number of aromatic nitrogens is 1. The van der Waals surface area contributed by atoms with Crippen molar-refractivity contribution in [1.82, 2.24) is 9.88 Å². The van der Waals surface area contributed by atoms with E-state index in [1.807, 2.05) is 0 Å². The number of thiol groups is 1. The lowest BCUT2D eigenvalue weighted by atomic mass is 9.99. The number of rotatable bonds is 7. The zero-order valence-electron chi connectivity index (χ0n) is 23.3. The lowest BCUT2D eigenvalue weighted by molar-refractivity contribution is -0.133. The molecule has 1 aliphatic heterocycles. The van der Waals surface area contributed by atoms with E-state index >= 15 is 4.39 Å². The van der Waals surface area contributed by atoms with Crippen LogP contribution in [0.3, 0.4) is 0 Å². The van der Waals surface area contributed by atoms with Crippen molar-refractivity contribution in [3.05, 3.63) is 89.1 Å². The van der Waals surface area contributed by atoms with Gasteiger partial charge in [0.05, 0.1) is 18.0 Å². The number of likely N-dealkylation sites (tertiary alicyclic amines) is 1. The first-order valence-corrected chi connectivity index (χ1v) is 14.5. The minimum Gasteiger partial charge on any atom is -0.453 e. The zero-order chi connectivity index (χ0) is 30.8. The van der Waals surface area contributed by atoms with Crippen LogP contribution in [0.25, 0.3) is 10.8 Å². The highest BCUT2D eigenvalue weighted by atomic mass is 32.2. The number of hydrogen-bond donors (Lipinski definition) is 4. The van der Waals surface area contributed by atoms with Crippen LogP contribution >= 0.6 is 0 Å². The van der Waals surface area contributed by atoms with Crippen molar-refractivity contribution >= 4 is 50.7 Å². The third-order valence-electron chi connectivity index (χ3n) is 7.49. The number of halogens is 2. The fraction of sp³-hybridized carbons (Fsp3) is 0.233. The molecule has 0 bridgehead atoms. The molecule has 4 aromatic rings. The van der Waals surface area contributed by atoms with Gasteiger partial charge in [0, 0.05) is 41.1 Å². The smallest absolute Gasteiger partial charge is 0.411 e. The van der Waals surface area contributed by atoms with Crippen LogP contribution in [0.1, 0.15) is 41.6 Å². The summed E-state index contributed by atoms with van der Waals surface area (Å²) >= 11 is 0. The molecule has 43 heavy (non-hydrogen) atoms. The number of amides is 2. The van der Waals surface area contributed by atoms with E-state index in [1.165, 1.54) is 43.2 Å². The van der Waals surface area contributed by atoms with Crippen molar-refractivity contribution in [2.45, 2.75) is 36.7 Å². The number of fused-ring (bicyclic) bond motifs is 1. The van der Waals surface area contributed by atoms with Crippen molar-refractivity contribution in [2.24, 2.45) is 0 Å². The Morgan fingerprint density at radius 1 is 1.07 bits per heavy atom. The standard InChI is InChI=1S/C30H29F2N5O5S/c1-16-12-21(24(32)15-23(16)31)27(35-18-5-7-20-17(13-18)9-10-34-28(20)33)29(38)37-11-3-4-25(37)22-14-19(36-30(39)42-2)6-8-26(22)43(40)41/h5-10,12-15,25,27,35,43H,3-4,11H2,1-2H3,(H2,33,34)(H,36,39)/t25-,27+/m1/s1. The number of nitrogens with two attached hydrogens (primary N) is 1. The van der Waals surface area contributed by atoms with Crippen LogP contribution in [0.2, 0.25) is 0 Å². The van der Waals surface area contributed by atoms with Crippen LogP contribution < -0.4 is 16.4 Å². The Hall–Kier alpha value is -4.78. The highest BCUT2D eigenvalue weighted by Gasteiger charge is 2.37. The maximum atomic E-state index is 15.3. The lowest BCUT2D eigenvalue weighted by Gasteiger charge is -2.31. The average Bonchev–Trinajstić information content (AvgIpc) is 3.47. The minimum absolute atomic E-state index is 0.0100. The summed E-state index contributed by atoms with van der Waals surface area (Å²) in [5, 5.41) is 7.06. The molecule has 0 unspecified atom stereocenters. The Labute approximate surface area is 247 Å². The molecule has 2 atom stereocenters. The van der Waals surface area contributed by atoms with E-state index in [1.54, 1.807) is 30.5 Å². The highest BCUT2D eigenvalue weighted by Crippen LogP contribution is 2.39. The number of nitrogen functional groups attached to an aromatic ring is 1. The molecular weight excluding hydrogens is 580 g/mol. The van der Waals surface area contributed by atoms with E-state index in [-0.39, 0.29) is 28.3 Å². The molecule has 5 rings (SSSR count). The van der Waals surface area contributed by atoms with Crippen molar-refractivity contribution in [3.8, 4) is 0 Å². The molecule has 2 amide bonds. The molecule has 10 nitrogen and oxygen atoms in total. The van der Waals surface area contributed by atoms with E-state index in [4.69, 9.17) is 5.73 Å². The molecule has 4 N–H and O–H groups in total. The molecular formula is C30H29F2N5O5S. The fourth-order valence-electron chi connectivity index (χ4n) is 5.39. The maximum Gasteiger partial charge on any atom is 0.411 e. The molecule has 1 fully saturated rings. The summed E-state index contributed by atoms with van der Waals surface area (Å²) in [6, 6.07) is 11.2. The molecule has 2 heterocycles. The fourth-order valence-corrected chi connectivity index (χ4v) is 6.01. The van der Waals surface area contributed by atoms with Crippen LogP contribution in [-0.4, -0.2) is 44.0 Å². The predicted molar refractivity (Wildman–Crippen MR) is 158 cm³/mol. The molecule has 0 radical (unpaired) electrons. The van der Waals surface area contributed by atoms with Gasteiger partial charge in [-0.2, -0.15) is 0 Å². The quantitative estimate of drug-likeness (QED) is 0.213. The third kappa shape index (κ3) is 6.07. The molecule has 3 aromatic carbocycles. The molecule has 0 aliphatic carbocycles. The van der Waals surface area contributed by atoms with Gasteiger partial charge in [0.25, 0.3) is 0 Å². The number of anilines is 3. The Balaban J connectivity index is 1.57. The average molecular weight is 610 g/mol. The number of pyridine rings is 1. The second kappa shape index (κ2) is 12.2. The van der Waals surface area contributed by atoms with Crippen molar-refractivity contribution in [2.75, 3.05) is 30.0 Å². The number of benzene rings is 3. The van der Waals surface area contributed by atoms with Gasteiger partial charge in [0.1, 0.15) is 23.5 Å². The first-order valence-electron chi connectivity index (χ1n) is 13.4. The van der Waals surface area contributed by atoms with Crippen LogP contribution in [0, 0.1) is 18.6 Å². The Morgan fingerprint density at radius 2 is 1.84 bits per heavy atom. The normalized spacial score (nSPS) is 15.5. The first kappa shape index (κ1) is 29.7. The second-order valence-corrected chi connectivity index (χ2v) is 11.2. The summed E-state index contributed by atoms with van der Waals surface area (Å²) in [7, 11) is -1.86. The number of carbonyl (C=O) groups is 2. The summed E-state index contributed by atoms with van der Waals surface area (Å²) in [5.74, 6) is -1.88. The van der Waals surface area contributed by atoms with Crippen LogP contribution in [0.4, 0.5) is 30.8 Å². The van der Waals surface area contributed by atoms with Crippen LogP contribution in [0.15, 0.2) is 65.7 Å². The number of nitrogens with one attached hydrogen (secondary N) is 2. The second-order valence-electron chi connectivity index (χ2n) is 10.2. The van der Waals surface area contributed by atoms with Gasteiger partial charge in [0.2, 0.25) is 5.91 Å². The van der Waals surface area contributed by atoms with Crippen LogP contribution in [0.5, 0.6) is 0 Å². The summed E-state index contributed by atoms with van der Waals surface area (Å²) in [5.41, 5.74) is 7.12. The molecule has 13 heteroatoms. The number of nitrogens with zero attached hydrogens (tertiary/aromatic N) is 2. The molecule has 1 saturated heterocycles. The Kier molecular flexibility index (Phi) is 8.44. The highest BCUT2D eigenvalue weighted by molar-refractivity contribution is 7.72. The van der Waals surface area contributed by atoms with Gasteiger partial charge >= 0.3 is 6.09 Å². The maximum absolute atomic E-state index is 15.3. The number of ether oxygens (including phenoxy) is 1. The topological polar surface area (TPSA) is 144 Å². The van der Waals surface area contributed by atoms with Gasteiger partial charge in [-0.05, 0) is 84.8 Å². The monoisotopic (exact) mass is 609 g/mol. The summed E-state index contributed by atoms with van der Waals surface area (Å²) < 4.78 is 58.6.